The highest BCUT2D eigenvalue weighted by molar-refractivity contribution is 9.10. The molecule has 14 heavy (non-hydrogen) atoms. The largest absolute Gasteiger partial charge is 0.312 e. The van der Waals surface area contributed by atoms with Crippen molar-refractivity contribution in [2.45, 2.75) is 19.8 Å². The molecule has 0 bridgehead atoms. The van der Waals surface area contributed by atoms with E-state index in [4.69, 9.17) is 0 Å². The number of nitrogens with zero attached hydrogens (tertiary/aromatic N) is 3. The molecule has 2 aromatic heterocycles. The van der Waals surface area contributed by atoms with Crippen molar-refractivity contribution in [2.75, 3.05) is 0 Å². The molecule has 0 atom stereocenters. The first-order valence-electron chi connectivity index (χ1n) is 4.35. The maximum absolute atomic E-state index is 11.4. The Balaban J connectivity index is 2.72. The molecule has 1 N–H and O–H groups in total. The Kier molecular flexibility index (Phi) is 2.37. The Morgan fingerprint density at radius 3 is 3.07 bits per heavy atom. The lowest BCUT2D eigenvalue weighted by molar-refractivity contribution is 0.815. The summed E-state index contributed by atoms with van der Waals surface area (Å²) in [6.45, 7) is 2.06. The number of fused-ring (bicyclic) bond motifs is 1. The van der Waals surface area contributed by atoms with Crippen LogP contribution in [0.3, 0.4) is 0 Å². The van der Waals surface area contributed by atoms with Crippen molar-refractivity contribution < 1.29 is 0 Å². The molecule has 0 radical (unpaired) electrons. The van der Waals surface area contributed by atoms with Crippen molar-refractivity contribution in [2.24, 2.45) is 0 Å². The van der Waals surface area contributed by atoms with Crippen molar-refractivity contribution >= 4 is 21.6 Å². The van der Waals surface area contributed by atoms with E-state index in [1.807, 2.05) is 0 Å². The van der Waals surface area contributed by atoms with Gasteiger partial charge in [0.05, 0.1) is 0 Å². The molecule has 0 amide bonds. The van der Waals surface area contributed by atoms with Crippen molar-refractivity contribution in [3.8, 4) is 0 Å². The van der Waals surface area contributed by atoms with Crippen LogP contribution in [-0.2, 0) is 6.42 Å². The second-order valence-corrected chi connectivity index (χ2v) is 3.85. The van der Waals surface area contributed by atoms with Gasteiger partial charge in [-0.2, -0.15) is 0 Å². The van der Waals surface area contributed by atoms with Gasteiger partial charge in [0.25, 0.3) is 5.56 Å². The van der Waals surface area contributed by atoms with Gasteiger partial charge in [0.15, 0.2) is 0 Å². The number of aromatic nitrogens is 4. The molecule has 0 aliphatic carbocycles. The molecule has 0 aliphatic rings. The summed E-state index contributed by atoms with van der Waals surface area (Å²) in [6, 6.07) is 0. The zero-order chi connectivity index (χ0) is 10.1. The first-order chi connectivity index (χ1) is 6.72. The summed E-state index contributed by atoms with van der Waals surface area (Å²) in [5.74, 6) is 0.814. The van der Waals surface area contributed by atoms with E-state index in [9.17, 15) is 4.79 Å². The molecule has 2 heterocycles. The van der Waals surface area contributed by atoms with Gasteiger partial charge in [0, 0.05) is 12.6 Å². The number of nitrogens with one attached hydrogen (secondary N) is 1. The lowest BCUT2D eigenvalue weighted by Gasteiger charge is -1.97. The lowest BCUT2D eigenvalue weighted by Crippen LogP contribution is -2.10. The number of aryl methyl sites for hydroxylation is 1. The highest BCUT2D eigenvalue weighted by Gasteiger charge is 2.07. The highest BCUT2D eigenvalue weighted by Crippen LogP contribution is 2.06. The monoisotopic (exact) mass is 256 g/mol. The van der Waals surface area contributed by atoms with Crippen molar-refractivity contribution in [3.63, 3.8) is 0 Å². The molecule has 0 aromatic carbocycles. The number of rotatable bonds is 2. The van der Waals surface area contributed by atoms with Gasteiger partial charge in [-0.15, -0.1) is 10.2 Å². The summed E-state index contributed by atoms with van der Waals surface area (Å²) in [4.78, 5) is 14.0. The smallest absolute Gasteiger partial charge is 0.294 e. The van der Waals surface area contributed by atoms with E-state index in [0.717, 1.165) is 18.7 Å². The first kappa shape index (κ1) is 9.39. The molecular weight excluding hydrogens is 248 g/mol. The summed E-state index contributed by atoms with van der Waals surface area (Å²) < 4.78 is 2.35. The second-order valence-electron chi connectivity index (χ2n) is 2.99. The lowest BCUT2D eigenvalue weighted by atomic mass is 10.3. The quantitative estimate of drug-likeness (QED) is 0.877. The van der Waals surface area contributed by atoms with E-state index in [0.29, 0.717) is 10.3 Å². The molecule has 0 spiro atoms. The topological polar surface area (TPSA) is 63.0 Å². The van der Waals surface area contributed by atoms with E-state index >= 15 is 0 Å². The molecule has 74 valence electrons. The average molecular weight is 257 g/mol. The van der Waals surface area contributed by atoms with Crippen LogP contribution in [0.5, 0.6) is 0 Å². The van der Waals surface area contributed by atoms with Crippen LogP contribution < -0.4 is 5.56 Å². The molecule has 5 nitrogen and oxygen atoms in total. The standard InChI is InChI=1S/C8H9BrN4O/c1-2-3-6-11-12-7-8(14)10-5(9)4-13(6)7/h4H,2-3H2,1H3,(H,10,14). The zero-order valence-electron chi connectivity index (χ0n) is 7.62. The van der Waals surface area contributed by atoms with Crippen LogP contribution in [0.2, 0.25) is 0 Å². The van der Waals surface area contributed by atoms with E-state index in [1.54, 1.807) is 10.6 Å². The fourth-order valence-electron chi connectivity index (χ4n) is 1.32. The summed E-state index contributed by atoms with van der Waals surface area (Å²) in [5, 5.41) is 7.79. The third-order valence-corrected chi connectivity index (χ3v) is 2.32. The number of hydrogen-bond acceptors (Lipinski definition) is 3. The molecule has 2 rings (SSSR count). The zero-order valence-corrected chi connectivity index (χ0v) is 9.21. The highest BCUT2D eigenvalue weighted by atomic mass is 79.9. The Labute approximate surface area is 88.3 Å². The van der Waals surface area contributed by atoms with Gasteiger partial charge in [-0.3, -0.25) is 9.20 Å². The molecule has 0 unspecified atom stereocenters. The molecule has 0 aliphatic heterocycles. The predicted octanol–water partition coefficient (Wildman–Crippen LogP) is 1.13. The third kappa shape index (κ3) is 1.45. The van der Waals surface area contributed by atoms with Gasteiger partial charge in [0.1, 0.15) is 10.4 Å². The number of hydrogen-bond donors (Lipinski definition) is 1. The SMILES string of the molecule is CCCc1nnc2c(=O)[nH]c(Br)cn12. The summed E-state index contributed by atoms with van der Waals surface area (Å²) in [7, 11) is 0. The normalized spacial score (nSPS) is 11.0. The van der Waals surface area contributed by atoms with Gasteiger partial charge in [-0.05, 0) is 22.4 Å². The predicted molar refractivity (Wildman–Crippen MR) is 55.3 cm³/mol. The first-order valence-corrected chi connectivity index (χ1v) is 5.14. The van der Waals surface area contributed by atoms with Crippen LogP contribution in [0.25, 0.3) is 5.65 Å². The summed E-state index contributed by atoms with van der Waals surface area (Å²) in [6.07, 6.45) is 3.56. The minimum absolute atomic E-state index is 0.228. The van der Waals surface area contributed by atoms with Gasteiger partial charge >= 0.3 is 0 Å². The van der Waals surface area contributed by atoms with Crippen LogP contribution in [0.4, 0.5) is 0 Å². The van der Waals surface area contributed by atoms with E-state index in [-0.39, 0.29) is 5.56 Å². The summed E-state index contributed by atoms with van der Waals surface area (Å²) in [5.41, 5.74) is 0.117. The van der Waals surface area contributed by atoms with Crippen LogP contribution >= 0.6 is 15.9 Å². The third-order valence-electron chi connectivity index (χ3n) is 1.92. The molecule has 6 heteroatoms. The van der Waals surface area contributed by atoms with Crippen molar-refractivity contribution in [3.05, 3.63) is 27.0 Å². The Morgan fingerprint density at radius 2 is 2.36 bits per heavy atom. The van der Waals surface area contributed by atoms with Gasteiger partial charge < -0.3 is 4.98 Å². The fraction of sp³-hybridized carbons (Fsp3) is 0.375. The Hall–Kier alpha value is -1.17. The maximum atomic E-state index is 11.4. The Morgan fingerprint density at radius 1 is 1.57 bits per heavy atom. The Bertz CT molecular complexity index is 516. The van der Waals surface area contributed by atoms with Gasteiger partial charge in [-0.25, -0.2) is 0 Å². The van der Waals surface area contributed by atoms with Crippen molar-refractivity contribution in [1.29, 1.82) is 0 Å². The van der Waals surface area contributed by atoms with E-state index < -0.39 is 0 Å². The molecular formula is C8H9BrN4O. The maximum Gasteiger partial charge on any atom is 0.294 e. The minimum atomic E-state index is -0.228. The molecule has 0 saturated carbocycles. The molecule has 0 saturated heterocycles. The molecule has 0 fully saturated rings. The van der Waals surface area contributed by atoms with Gasteiger partial charge in [-0.1, -0.05) is 6.92 Å². The van der Waals surface area contributed by atoms with Crippen LogP contribution in [0.15, 0.2) is 15.6 Å². The average Bonchev–Trinajstić information content (AvgIpc) is 2.49. The summed E-state index contributed by atoms with van der Waals surface area (Å²) >= 11 is 3.22. The van der Waals surface area contributed by atoms with Crippen molar-refractivity contribution in [1.82, 2.24) is 19.6 Å². The number of H-pyrrole nitrogens is 1. The number of aromatic amines is 1. The van der Waals surface area contributed by atoms with E-state index in [2.05, 4.69) is 38.0 Å². The van der Waals surface area contributed by atoms with Gasteiger partial charge in [0.2, 0.25) is 5.65 Å². The fourth-order valence-corrected chi connectivity index (χ4v) is 1.70. The second kappa shape index (κ2) is 3.53. The van der Waals surface area contributed by atoms with Crippen LogP contribution in [0, 0.1) is 0 Å². The molecule has 2 aromatic rings. The van der Waals surface area contributed by atoms with E-state index in [1.165, 1.54) is 0 Å². The van der Waals surface area contributed by atoms with Crippen LogP contribution in [0.1, 0.15) is 19.2 Å². The van der Waals surface area contributed by atoms with Crippen LogP contribution in [-0.4, -0.2) is 19.6 Å². The number of halogens is 1. The minimum Gasteiger partial charge on any atom is -0.312 e.